The number of amides is 2. The van der Waals surface area contributed by atoms with Crippen molar-refractivity contribution in [3.05, 3.63) is 30.1 Å². The molecule has 1 aliphatic heterocycles. The number of urea groups is 1. The van der Waals surface area contributed by atoms with Gasteiger partial charge in [0.2, 0.25) is 0 Å². The Morgan fingerprint density at radius 3 is 2.65 bits per heavy atom. The number of carbonyl (C=O) groups excluding carboxylic acids is 1. The molecule has 2 amide bonds. The third-order valence-corrected chi connectivity index (χ3v) is 4.01. The maximum Gasteiger partial charge on any atom is 0.317 e. The topological polar surface area (TPSA) is 61.8 Å². The Balaban J connectivity index is 1.72. The summed E-state index contributed by atoms with van der Waals surface area (Å²) in [5, 5.41) is 11.8. The molecule has 1 atom stereocenters. The van der Waals surface area contributed by atoms with Crippen LogP contribution in [0.1, 0.15) is 32.6 Å². The highest BCUT2D eigenvalue weighted by Crippen LogP contribution is 2.19. The first-order chi connectivity index (χ1) is 11.1. The van der Waals surface area contributed by atoms with Gasteiger partial charge in [-0.15, -0.1) is 0 Å². The van der Waals surface area contributed by atoms with E-state index in [0.29, 0.717) is 25.3 Å². The molecule has 1 aromatic carbocycles. The largest absolute Gasteiger partial charge is 0.490 e. The second-order valence-electron chi connectivity index (χ2n) is 5.97. The number of nitrogens with one attached hydrogen (secondary N) is 1. The molecule has 0 spiro atoms. The van der Waals surface area contributed by atoms with Gasteiger partial charge in [0, 0.05) is 38.6 Å². The van der Waals surface area contributed by atoms with E-state index in [9.17, 15) is 9.18 Å². The maximum absolute atomic E-state index is 12.9. The summed E-state index contributed by atoms with van der Waals surface area (Å²) in [6.07, 6.45) is 3.03. The quantitative estimate of drug-likeness (QED) is 0.845. The number of benzene rings is 1. The Bertz CT molecular complexity index is 487. The number of rotatable bonds is 6. The second kappa shape index (κ2) is 8.72. The number of hydrogen-bond acceptors (Lipinski definition) is 3. The van der Waals surface area contributed by atoms with Crippen molar-refractivity contribution in [3.63, 3.8) is 0 Å². The van der Waals surface area contributed by atoms with Gasteiger partial charge in [0.15, 0.2) is 0 Å². The fourth-order valence-electron chi connectivity index (χ4n) is 2.65. The molecule has 2 rings (SSSR count). The molecule has 5 nitrogen and oxygen atoms in total. The van der Waals surface area contributed by atoms with Crippen LogP contribution in [0.5, 0.6) is 5.75 Å². The van der Waals surface area contributed by atoms with E-state index in [-0.39, 0.29) is 30.6 Å². The molecule has 0 saturated carbocycles. The van der Waals surface area contributed by atoms with Crippen LogP contribution in [-0.2, 0) is 0 Å². The van der Waals surface area contributed by atoms with E-state index in [1.165, 1.54) is 12.1 Å². The molecule has 1 saturated heterocycles. The lowest BCUT2D eigenvalue weighted by atomic mass is 10.1. The van der Waals surface area contributed by atoms with Crippen molar-refractivity contribution in [2.45, 2.75) is 44.8 Å². The molecule has 1 fully saturated rings. The molecule has 2 N–H and O–H groups in total. The molecule has 1 unspecified atom stereocenters. The number of aliphatic hydroxyl groups excluding tert-OH is 1. The van der Waals surface area contributed by atoms with Crippen LogP contribution in [0.25, 0.3) is 0 Å². The highest BCUT2D eigenvalue weighted by atomic mass is 19.1. The van der Waals surface area contributed by atoms with E-state index in [2.05, 4.69) is 5.32 Å². The molecule has 6 heteroatoms. The van der Waals surface area contributed by atoms with Crippen LogP contribution in [-0.4, -0.2) is 47.9 Å². The van der Waals surface area contributed by atoms with Gasteiger partial charge in [-0.05, 0) is 44.0 Å². The smallest absolute Gasteiger partial charge is 0.317 e. The van der Waals surface area contributed by atoms with Crippen molar-refractivity contribution in [3.8, 4) is 5.75 Å². The number of hydrogen-bond donors (Lipinski definition) is 2. The number of likely N-dealkylation sites (tertiary alicyclic amines) is 1. The van der Waals surface area contributed by atoms with Crippen LogP contribution in [0, 0.1) is 5.82 Å². The summed E-state index contributed by atoms with van der Waals surface area (Å²) >= 11 is 0. The number of aliphatic hydroxyl groups is 1. The van der Waals surface area contributed by atoms with Crippen LogP contribution in [0.3, 0.4) is 0 Å². The van der Waals surface area contributed by atoms with Crippen molar-refractivity contribution < 1.29 is 19.0 Å². The maximum atomic E-state index is 12.9. The monoisotopic (exact) mass is 324 g/mol. The molecule has 23 heavy (non-hydrogen) atoms. The predicted molar refractivity (Wildman–Crippen MR) is 85.9 cm³/mol. The Kier molecular flexibility index (Phi) is 6.65. The Hall–Kier alpha value is -1.82. The number of nitrogens with zero attached hydrogens (tertiary/aromatic N) is 1. The second-order valence-corrected chi connectivity index (χ2v) is 5.97. The van der Waals surface area contributed by atoms with Gasteiger partial charge in [0.05, 0.1) is 0 Å². The van der Waals surface area contributed by atoms with Gasteiger partial charge in [-0.2, -0.15) is 0 Å². The molecule has 0 bridgehead atoms. The van der Waals surface area contributed by atoms with Gasteiger partial charge in [-0.25, -0.2) is 9.18 Å². The average molecular weight is 324 g/mol. The summed E-state index contributed by atoms with van der Waals surface area (Å²) in [6, 6.07) is 6.00. The lowest BCUT2D eigenvalue weighted by Crippen LogP contribution is -2.48. The first-order valence-electron chi connectivity index (χ1n) is 8.17. The fraction of sp³-hybridized carbons (Fsp3) is 0.588. The van der Waals surface area contributed by atoms with Crippen LogP contribution < -0.4 is 10.1 Å². The molecule has 0 aromatic heterocycles. The van der Waals surface area contributed by atoms with Crippen LogP contribution in [0.2, 0.25) is 0 Å². The number of ether oxygens (including phenoxy) is 1. The van der Waals surface area contributed by atoms with Gasteiger partial charge >= 0.3 is 6.03 Å². The Morgan fingerprint density at radius 2 is 2.04 bits per heavy atom. The minimum Gasteiger partial charge on any atom is -0.490 e. The van der Waals surface area contributed by atoms with Crippen LogP contribution in [0.15, 0.2) is 24.3 Å². The summed E-state index contributed by atoms with van der Waals surface area (Å²) in [5.41, 5.74) is 0. The average Bonchev–Trinajstić information content (AvgIpc) is 2.55. The van der Waals surface area contributed by atoms with E-state index in [0.717, 1.165) is 19.3 Å². The van der Waals surface area contributed by atoms with E-state index >= 15 is 0 Å². The number of carbonyl (C=O) groups is 1. The van der Waals surface area contributed by atoms with Gasteiger partial charge < -0.3 is 20.1 Å². The molecule has 0 radical (unpaired) electrons. The first-order valence-corrected chi connectivity index (χ1v) is 8.17. The predicted octanol–water partition coefficient (Wildman–Crippen LogP) is 2.54. The van der Waals surface area contributed by atoms with E-state index in [1.807, 2.05) is 6.92 Å². The highest BCUT2D eigenvalue weighted by Gasteiger charge is 2.24. The first kappa shape index (κ1) is 17.5. The highest BCUT2D eigenvalue weighted by molar-refractivity contribution is 5.74. The summed E-state index contributed by atoms with van der Waals surface area (Å²) < 4.78 is 18.7. The van der Waals surface area contributed by atoms with E-state index in [1.54, 1.807) is 17.0 Å². The molecule has 1 aliphatic rings. The third-order valence-electron chi connectivity index (χ3n) is 4.01. The number of halogens is 1. The Labute approximate surface area is 136 Å². The standard InChI is InChI=1S/C17H25FN2O3/c1-13(3-2-12-21)19-17(22)20-10-8-16(9-11-20)23-15-6-4-14(18)5-7-15/h4-7,13,16,21H,2-3,8-12H2,1H3,(H,19,22). The van der Waals surface area contributed by atoms with E-state index in [4.69, 9.17) is 9.84 Å². The zero-order valence-corrected chi connectivity index (χ0v) is 13.5. The molecule has 128 valence electrons. The Morgan fingerprint density at radius 1 is 1.39 bits per heavy atom. The third kappa shape index (κ3) is 5.71. The fourth-order valence-corrected chi connectivity index (χ4v) is 2.65. The minimum atomic E-state index is -0.279. The number of piperidine rings is 1. The SMILES string of the molecule is CC(CCCO)NC(=O)N1CCC(Oc2ccc(F)cc2)CC1. The molecular weight excluding hydrogens is 299 g/mol. The van der Waals surface area contributed by atoms with Gasteiger partial charge in [-0.1, -0.05) is 0 Å². The van der Waals surface area contributed by atoms with Gasteiger partial charge in [0.25, 0.3) is 0 Å². The van der Waals surface area contributed by atoms with Crippen molar-refractivity contribution >= 4 is 6.03 Å². The summed E-state index contributed by atoms with van der Waals surface area (Å²) in [5.74, 6) is 0.381. The normalized spacial score (nSPS) is 16.9. The van der Waals surface area contributed by atoms with Gasteiger partial charge in [0.1, 0.15) is 17.7 Å². The van der Waals surface area contributed by atoms with E-state index < -0.39 is 0 Å². The van der Waals surface area contributed by atoms with Crippen LogP contribution in [0.4, 0.5) is 9.18 Å². The molecule has 1 heterocycles. The molecule has 1 aromatic rings. The summed E-state index contributed by atoms with van der Waals surface area (Å²) in [6.45, 7) is 3.37. The van der Waals surface area contributed by atoms with Crippen molar-refractivity contribution in [2.75, 3.05) is 19.7 Å². The van der Waals surface area contributed by atoms with Crippen molar-refractivity contribution in [1.82, 2.24) is 10.2 Å². The molecular formula is C17H25FN2O3. The zero-order valence-electron chi connectivity index (χ0n) is 13.5. The summed E-state index contributed by atoms with van der Waals surface area (Å²) in [4.78, 5) is 13.9. The molecule has 0 aliphatic carbocycles. The minimum absolute atomic E-state index is 0.0522. The summed E-state index contributed by atoms with van der Waals surface area (Å²) in [7, 11) is 0. The van der Waals surface area contributed by atoms with Crippen LogP contribution >= 0.6 is 0 Å². The lowest BCUT2D eigenvalue weighted by Gasteiger charge is -2.33. The lowest BCUT2D eigenvalue weighted by molar-refractivity contribution is 0.110. The van der Waals surface area contributed by atoms with Crippen molar-refractivity contribution in [2.24, 2.45) is 0 Å². The zero-order chi connectivity index (χ0) is 16.7. The van der Waals surface area contributed by atoms with Crippen molar-refractivity contribution in [1.29, 1.82) is 0 Å². The van der Waals surface area contributed by atoms with Gasteiger partial charge in [-0.3, -0.25) is 0 Å².